The molecule has 0 saturated carbocycles. The molecule has 90 heavy (non-hydrogen) atoms. The summed E-state index contributed by atoms with van der Waals surface area (Å²) in [6.07, 6.45) is 7.07. The van der Waals surface area contributed by atoms with E-state index < -0.39 is 49.8 Å². The summed E-state index contributed by atoms with van der Waals surface area (Å²) < 4.78 is 71.1. The molecule has 0 aromatic heterocycles. The molecule has 21 heteroatoms. The summed E-state index contributed by atoms with van der Waals surface area (Å²) in [6, 6.07) is 31.7. The van der Waals surface area contributed by atoms with Crippen LogP contribution in [0.4, 0.5) is 4.79 Å². The Kier molecular flexibility index (Phi) is 17.7. The van der Waals surface area contributed by atoms with Gasteiger partial charge < -0.3 is 20.3 Å². The highest BCUT2D eigenvalue weighted by Gasteiger charge is 2.33. The summed E-state index contributed by atoms with van der Waals surface area (Å²) in [6.45, 7) is 5.32. The van der Waals surface area contributed by atoms with Gasteiger partial charge in [0, 0.05) is 116 Å². The van der Waals surface area contributed by atoms with Gasteiger partial charge in [-0.05, 0) is 121 Å². The number of nitrogens with one attached hydrogen (secondary N) is 5. The van der Waals surface area contributed by atoms with Crippen molar-refractivity contribution in [1.29, 1.82) is 0 Å². The molecule has 0 spiro atoms. The number of hydrogen-bond donors (Lipinski definition) is 5. The number of benzene rings is 10. The highest BCUT2D eigenvalue weighted by molar-refractivity contribution is 7.90. The Labute approximate surface area is 521 Å². The number of unbranched alkanes of at least 4 members (excludes halogenated alkanes) is 6. The standard InChI is InChI=1S/C69H72N8O11S2/c1-4-6-8-10-18-58(78)71-32-34-75(35-33-72-89(84,85)56-29-27-44-48-21-25-54-63-52(65(79)73-67(54)81)23-19-46(61(48)63)42-14-12-16-50(56)59(42)44)37-39-77(40-38-76(36-31-70-3)69(83)88-41-11-9-7-5-2)90(86,87)57-30-28-45-49-22-26-55-64-53(66(80)74-68(55)82)24-20-47(62(49)64)43-15-13-17-51(57)60(43)45/h12-17,19-30,70,72H,4-11,18,31-41H2,1-3H3,(H,71,78)(H,73,79,81)(H,74,80,82). The lowest BCUT2D eigenvalue weighted by atomic mass is 9.85. The SMILES string of the molecule is CCCCCCOC(=O)N(CCNC)CCN(CCN(CCNC(=O)CCCCCC)CCNS(=O)(=O)c1ccc2c3ccc4c5c(ccc(c6cccc1c62)c53)C(=O)NC4=O)S(=O)(=O)c1ccc2c3ccc4c5c(ccc(c6cccc1c62)c53)C(=O)NC4=O. The molecule has 5 N–H and O–H groups in total. The molecule has 466 valence electrons. The van der Waals surface area contributed by atoms with Crippen LogP contribution in [0.5, 0.6) is 0 Å². The Morgan fingerprint density at radius 3 is 1.44 bits per heavy atom. The van der Waals surface area contributed by atoms with Crippen molar-refractivity contribution in [2.75, 3.05) is 79.1 Å². The third-order valence-corrected chi connectivity index (χ3v) is 21.4. The van der Waals surface area contributed by atoms with E-state index in [1.54, 1.807) is 79.8 Å². The molecule has 0 unspecified atom stereocenters. The number of carbonyl (C=O) groups excluding carboxylic acids is 6. The zero-order valence-corrected chi connectivity index (χ0v) is 52.3. The van der Waals surface area contributed by atoms with Crippen LogP contribution in [0.15, 0.2) is 119 Å². The van der Waals surface area contributed by atoms with Crippen LogP contribution in [0.2, 0.25) is 0 Å². The molecule has 0 aliphatic carbocycles. The van der Waals surface area contributed by atoms with Gasteiger partial charge in [-0.3, -0.25) is 39.5 Å². The normalized spacial score (nSPS) is 13.7. The molecule has 12 rings (SSSR count). The molecule has 0 saturated heterocycles. The second-order valence-corrected chi connectivity index (χ2v) is 27.1. The first-order chi connectivity index (χ1) is 43.6. The fourth-order valence-corrected chi connectivity index (χ4v) is 16.3. The van der Waals surface area contributed by atoms with Gasteiger partial charge in [-0.2, -0.15) is 4.31 Å². The van der Waals surface area contributed by atoms with E-state index in [4.69, 9.17) is 4.74 Å². The fraction of sp³-hybridized carbons (Fsp3) is 0.333. The highest BCUT2D eigenvalue weighted by atomic mass is 32.2. The Hall–Kier alpha value is -8.44. The van der Waals surface area contributed by atoms with E-state index >= 15 is 8.42 Å². The van der Waals surface area contributed by atoms with E-state index in [0.29, 0.717) is 74.0 Å². The summed E-state index contributed by atoms with van der Waals surface area (Å²) in [5.41, 5.74) is 1.52. The van der Waals surface area contributed by atoms with Gasteiger partial charge in [-0.15, -0.1) is 0 Å². The summed E-state index contributed by atoms with van der Waals surface area (Å²) in [5, 5.41) is 21.9. The maximum atomic E-state index is 15.8. The third kappa shape index (κ3) is 11.4. The van der Waals surface area contributed by atoms with Gasteiger partial charge in [0.05, 0.1) is 16.4 Å². The molecular formula is C69H72N8O11S2. The average molecular weight is 1250 g/mol. The van der Waals surface area contributed by atoms with Crippen molar-refractivity contribution < 1.29 is 50.3 Å². The minimum Gasteiger partial charge on any atom is -0.449 e. The van der Waals surface area contributed by atoms with Crippen molar-refractivity contribution in [1.82, 2.24) is 40.1 Å². The van der Waals surface area contributed by atoms with Crippen molar-refractivity contribution in [2.45, 2.75) is 81.4 Å². The smallest absolute Gasteiger partial charge is 0.409 e. The van der Waals surface area contributed by atoms with E-state index in [1.807, 2.05) is 41.3 Å². The second kappa shape index (κ2) is 25.8. The Bertz CT molecular complexity index is 4630. The van der Waals surface area contributed by atoms with E-state index in [9.17, 15) is 37.2 Å². The maximum absolute atomic E-state index is 15.8. The Balaban J connectivity index is 0.868. The van der Waals surface area contributed by atoms with Crippen molar-refractivity contribution in [3.8, 4) is 0 Å². The van der Waals surface area contributed by atoms with Crippen LogP contribution < -0.4 is 26.0 Å². The lowest BCUT2D eigenvalue weighted by molar-refractivity contribution is -0.121. The summed E-state index contributed by atoms with van der Waals surface area (Å²) in [5.74, 6) is -2.07. The van der Waals surface area contributed by atoms with Gasteiger partial charge >= 0.3 is 6.09 Å². The zero-order chi connectivity index (χ0) is 63.0. The van der Waals surface area contributed by atoms with Gasteiger partial charge in [0.1, 0.15) is 0 Å². The predicted molar refractivity (Wildman–Crippen MR) is 352 cm³/mol. The third-order valence-electron chi connectivity index (χ3n) is 17.9. The van der Waals surface area contributed by atoms with E-state index in [2.05, 4.69) is 39.8 Å². The van der Waals surface area contributed by atoms with Crippen LogP contribution in [0.25, 0.3) is 86.2 Å². The number of nitrogens with zero attached hydrogens (tertiary/aromatic N) is 3. The number of rotatable bonds is 29. The monoisotopic (exact) mass is 1250 g/mol. The number of fused-ring (bicyclic) bond motifs is 4. The van der Waals surface area contributed by atoms with Crippen molar-refractivity contribution in [3.63, 3.8) is 0 Å². The summed E-state index contributed by atoms with van der Waals surface area (Å²) in [7, 11) is -6.93. The first-order valence-electron chi connectivity index (χ1n) is 31.1. The van der Waals surface area contributed by atoms with Crippen molar-refractivity contribution in [2.24, 2.45) is 0 Å². The molecule has 19 nitrogen and oxygen atoms in total. The topological polar surface area (TPSA) is 250 Å². The number of hydrogen-bond acceptors (Lipinski definition) is 13. The van der Waals surface area contributed by atoms with Crippen LogP contribution in [-0.2, 0) is 29.6 Å². The van der Waals surface area contributed by atoms with Crippen LogP contribution >= 0.6 is 0 Å². The molecule has 0 bridgehead atoms. The number of carbonyl (C=O) groups is 6. The minimum atomic E-state index is -4.45. The van der Waals surface area contributed by atoms with Gasteiger partial charge in [-0.1, -0.05) is 125 Å². The van der Waals surface area contributed by atoms with Gasteiger partial charge in [-0.25, -0.2) is 26.4 Å². The van der Waals surface area contributed by atoms with Gasteiger partial charge in [0.15, 0.2) is 0 Å². The lowest BCUT2D eigenvalue weighted by Gasteiger charge is -2.30. The number of likely N-dealkylation sites (N-methyl/N-ethyl adjacent to an activating group) is 1. The maximum Gasteiger partial charge on any atom is 0.409 e. The zero-order valence-electron chi connectivity index (χ0n) is 50.7. The van der Waals surface area contributed by atoms with Gasteiger partial charge in [0.2, 0.25) is 26.0 Å². The lowest BCUT2D eigenvalue weighted by Crippen LogP contribution is -2.47. The summed E-state index contributed by atoms with van der Waals surface area (Å²) in [4.78, 5) is 82.9. The van der Waals surface area contributed by atoms with Crippen LogP contribution in [-0.4, -0.2) is 146 Å². The number of imide groups is 2. The minimum absolute atomic E-state index is 0.0223. The van der Waals surface area contributed by atoms with Crippen molar-refractivity contribution in [3.05, 3.63) is 131 Å². The number of sulfonamides is 2. The summed E-state index contributed by atoms with van der Waals surface area (Å²) >= 11 is 0. The fourth-order valence-electron chi connectivity index (χ4n) is 13.4. The second-order valence-electron chi connectivity index (χ2n) is 23.5. The Morgan fingerprint density at radius 1 is 0.456 bits per heavy atom. The molecule has 10 aromatic carbocycles. The Morgan fingerprint density at radius 2 is 0.911 bits per heavy atom. The van der Waals surface area contributed by atoms with E-state index in [0.717, 1.165) is 98.8 Å². The predicted octanol–water partition coefficient (Wildman–Crippen LogP) is 10.2. The van der Waals surface area contributed by atoms with E-state index in [1.165, 1.54) is 9.21 Å². The average Bonchev–Trinajstić information content (AvgIpc) is 0.743. The molecule has 2 aliphatic heterocycles. The molecule has 10 aromatic rings. The van der Waals surface area contributed by atoms with Crippen molar-refractivity contribution >= 4 is 142 Å². The molecule has 0 radical (unpaired) electrons. The molecule has 0 atom stereocenters. The highest BCUT2D eigenvalue weighted by Crippen LogP contribution is 2.46. The van der Waals surface area contributed by atoms with E-state index in [-0.39, 0.29) is 81.2 Å². The first kappa shape index (κ1) is 61.8. The molecule has 2 aliphatic rings. The number of amides is 6. The van der Waals surface area contributed by atoms with Crippen LogP contribution in [0.3, 0.4) is 0 Å². The molecular weight excluding hydrogens is 1180 g/mol. The quantitative estimate of drug-likeness (QED) is 0.0127. The van der Waals surface area contributed by atoms with Gasteiger partial charge in [0.25, 0.3) is 23.6 Å². The van der Waals surface area contributed by atoms with Crippen LogP contribution in [0, 0.1) is 0 Å². The molecule has 0 fully saturated rings. The molecule has 6 amide bonds. The molecule has 2 heterocycles. The number of ether oxygens (including phenoxy) is 1. The van der Waals surface area contributed by atoms with Crippen LogP contribution in [0.1, 0.15) is 113 Å². The largest absolute Gasteiger partial charge is 0.449 e. The first-order valence-corrected chi connectivity index (χ1v) is 34.1.